The van der Waals surface area contributed by atoms with Crippen molar-refractivity contribution in [1.29, 1.82) is 0 Å². The lowest BCUT2D eigenvalue weighted by Gasteiger charge is -2.13. The molecular formula is C21H22N2O3S3. The van der Waals surface area contributed by atoms with Crippen LogP contribution in [0.5, 0.6) is 0 Å². The molecular weight excluding hydrogens is 424 g/mol. The van der Waals surface area contributed by atoms with Gasteiger partial charge >= 0.3 is 0 Å². The van der Waals surface area contributed by atoms with E-state index >= 15 is 0 Å². The molecule has 0 radical (unpaired) electrons. The summed E-state index contributed by atoms with van der Waals surface area (Å²) >= 11 is 2.58. The van der Waals surface area contributed by atoms with E-state index in [1.165, 1.54) is 28.7 Å². The van der Waals surface area contributed by atoms with Crippen LogP contribution in [-0.4, -0.2) is 19.6 Å². The predicted octanol–water partition coefficient (Wildman–Crippen LogP) is 5.29. The minimum absolute atomic E-state index is 0.0827. The second kappa shape index (κ2) is 9.02. The van der Waals surface area contributed by atoms with Crippen molar-refractivity contribution in [2.45, 2.75) is 35.1 Å². The Hall–Kier alpha value is -2.29. The highest BCUT2D eigenvalue weighted by Crippen LogP contribution is 2.27. The zero-order valence-corrected chi connectivity index (χ0v) is 18.7. The number of nitrogens with one attached hydrogen (secondary N) is 2. The third-order valence-corrected chi connectivity index (χ3v) is 8.21. The highest BCUT2D eigenvalue weighted by Gasteiger charge is 2.17. The number of hydrogen-bond acceptors (Lipinski definition) is 5. The number of carbonyl (C=O) groups is 1. The number of thiophene rings is 1. The van der Waals surface area contributed by atoms with Crippen molar-refractivity contribution in [3.8, 4) is 0 Å². The number of rotatable bonds is 7. The summed E-state index contributed by atoms with van der Waals surface area (Å²) in [5.41, 5.74) is 3.57. The van der Waals surface area contributed by atoms with Crippen molar-refractivity contribution >= 4 is 50.4 Å². The maximum absolute atomic E-state index is 12.5. The van der Waals surface area contributed by atoms with Crippen LogP contribution in [0.1, 0.15) is 18.1 Å². The SMILES string of the molecule is Cc1ccc(NC(=O)C(C)Sc2ccc(NS(=O)(=O)c3cccs3)cc2)cc1C. The van der Waals surface area contributed by atoms with E-state index in [0.29, 0.717) is 5.69 Å². The maximum Gasteiger partial charge on any atom is 0.271 e. The molecule has 0 spiro atoms. The Labute approximate surface area is 179 Å². The summed E-state index contributed by atoms with van der Waals surface area (Å²) in [6, 6.07) is 16.1. The highest BCUT2D eigenvalue weighted by molar-refractivity contribution is 8.00. The molecule has 0 saturated carbocycles. The van der Waals surface area contributed by atoms with E-state index in [4.69, 9.17) is 0 Å². The quantitative estimate of drug-likeness (QED) is 0.484. The van der Waals surface area contributed by atoms with Crippen LogP contribution in [0.2, 0.25) is 0 Å². The Balaban J connectivity index is 1.60. The van der Waals surface area contributed by atoms with Crippen molar-refractivity contribution in [3.63, 3.8) is 0 Å². The molecule has 2 N–H and O–H groups in total. The first kappa shape index (κ1) is 21.4. The van der Waals surface area contributed by atoms with Crippen LogP contribution < -0.4 is 10.0 Å². The molecule has 1 unspecified atom stereocenters. The number of hydrogen-bond donors (Lipinski definition) is 2. The fourth-order valence-electron chi connectivity index (χ4n) is 2.54. The van der Waals surface area contributed by atoms with E-state index < -0.39 is 10.0 Å². The van der Waals surface area contributed by atoms with Gasteiger partial charge in [-0.1, -0.05) is 12.1 Å². The highest BCUT2D eigenvalue weighted by atomic mass is 32.2. The van der Waals surface area contributed by atoms with E-state index in [-0.39, 0.29) is 15.4 Å². The van der Waals surface area contributed by atoms with Gasteiger partial charge in [-0.2, -0.15) is 0 Å². The first-order valence-corrected chi connectivity index (χ1v) is 12.2. The van der Waals surface area contributed by atoms with Crippen LogP contribution in [-0.2, 0) is 14.8 Å². The van der Waals surface area contributed by atoms with E-state index in [1.54, 1.807) is 41.8 Å². The minimum atomic E-state index is -3.56. The molecule has 2 aromatic carbocycles. The molecule has 1 aromatic heterocycles. The molecule has 29 heavy (non-hydrogen) atoms. The summed E-state index contributed by atoms with van der Waals surface area (Å²) in [7, 11) is -3.56. The van der Waals surface area contributed by atoms with E-state index in [0.717, 1.165) is 16.1 Å². The Bertz CT molecular complexity index is 1090. The average Bonchev–Trinajstić information content (AvgIpc) is 3.22. The van der Waals surface area contributed by atoms with Crippen LogP contribution in [0.3, 0.4) is 0 Å². The number of carbonyl (C=O) groups excluding carboxylic acids is 1. The molecule has 0 fully saturated rings. The third kappa shape index (κ3) is 5.62. The van der Waals surface area contributed by atoms with Crippen LogP contribution >= 0.6 is 23.1 Å². The first-order valence-electron chi connectivity index (χ1n) is 8.96. The molecule has 8 heteroatoms. The Kier molecular flexibility index (Phi) is 6.66. The van der Waals surface area contributed by atoms with Gasteiger partial charge in [0.1, 0.15) is 4.21 Å². The minimum Gasteiger partial charge on any atom is -0.325 e. The average molecular weight is 447 g/mol. The van der Waals surface area contributed by atoms with Crippen molar-refractivity contribution in [2.75, 3.05) is 10.0 Å². The van der Waals surface area contributed by atoms with Crippen LogP contribution in [0, 0.1) is 13.8 Å². The van der Waals surface area contributed by atoms with Gasteiger partial charge < -0.3 is 5.32 Å². The fraction of sp³-hybridized carbons (Fsp3) is 0.190. The summed E-state index contributed by atoms with van der Waals surface area (Å²) in [6.07, 6.45) is 0. The van der Waals surface area contributed by atoms with Crippen molar-refractivity contribution in [3.05, 3.63) is 71.1 Å². The second-order valence-electron chi connectivity index (χ2n) is 6.61. The predicted molar refractivity (Wildman–Crippen MR) is 121 cm³/mol. The van der Waals surface area contributed by atoms with E-state index in [9.17, 15) is 13.2 Å². The molecule has 152 valence electrons. The normalized spacial score (nSPS) is 12.4. The van der Waals surface area contributed by atoms with Gasteiger partial charge in [-0.15, -0.1) is 23.1 Å². The molecule has 1 atom stereocenters. The number of benzene rings is 2. The van der Waals surface area contributed by atoms with Crippen molar-refractivity contribution in [2.24, 2.45) is 0 Å². The third-order valence-electron chi connectivity index (χ3n) is 4.32. The summed E-state index contributed by atoms with van der Waals surface area (Å²) in [4.78, 5) is 13.4. The molecule has 3 rings (SSSR count). The van der Waals surface area contributed by atoms with Gasteiger partial charge in [0.25, 0.3) is 10.0 Å². The Morgan fingerprint density at radius 3 is 2.31 bits per heavy atom. The van der Waals surface area contributed by atoms with Gasteiger partial charge in [-0.05, 0) is 79.7 Å². The van der Waals surface area contributed by atoms with E-state index in [2.05, 4.69) is 10.0 Å². The van der Waals surface area contributed by atoms with Gasteiger partial charge in [0.2, 0.25) is 5.91 Å². The topological polar surface area (TPSA) is 75.3 Å². The van der Waals surface area contributed by atoms with Crippen molar-refractivity contribution < 1.29 is 13.2 Å². The van der Waals surface area contributed by atoms with Gasteiger partial charge in [-0.25, -0.2) is 8.42 Å². The Morgan fingerprint density at radius 1 is 1.00 bits per heavy atom. The van der Waals surface area contributed by atoms with Crippen LogP contribution in [0.4, 0.5) is 11.4 Å². The molecule has 1 heterocycles. The van der Waals surface area contributed by atoms with Gasteiger partial charge in [0.15, 0.2) is 0 Å². The molecule has 0 aliphatic carbocycles. The molecule has 0 saturated heterocycles. The largest absolute Gasteiger partial charge is 0.325 e. The summed E-state index contributed by atoms with van der Waals surface area (Å²) in [5, 5.41) is 4.36. The molecule has 1 amide bonds. The second-order valence-corrected chi connectivity index (χ2v) is 10.9. The molecule has 0 bridgehead atoms. The molecule has 5 nitrogen and oxygen atoms in total. The molecule has 3 aromatic rings. The van der Waals surface area contributed by atoms with Gasteiger partial charge in [0.05, 0.1) is 5.25 Å². The smallest absolute Gasteiger partial charge is 0.271 e. The summed E-state index contributed by atoms with van der Waals surface area (Å²) in [5.74, 6) is -0.0827. The number of thioether (sulfide) groups is 1. The van der Waals surface area contributed by atoms with E-state index in [1.807, 2.05) is 39.0 Å². The maximum atomic E-state index is 12.5. The van der Waals surface area contributed by atoms with Gasteiger partial charge in [-0.3, -0.25) is 9.52 Å². The van der Waals surface area contributed by atoms with Crippen LogP contribution in [0.25, 0.3) is 0 Å². The zero-order chi connectivity index (χ0) is 21.0. The van der Waals surface area contributed by atoms with Crippen molar-refractivity contribution in [1.82, 2.24) is 0 Å². The standard InChI is InChI=1S/C21H22N2O3S3/c1-14-6-7-18(13-15(14)2)22-21(24)16(3)28-19-10-8-17(9-11-19)23-29(25,26)20-5-4-12-27-20/h4-13,16,23H,1-3H3,(H,22,24). The zero-order valence-electron chi connectivity index (χ0n) is 16.3. The Morgan fingerprint density at radius 2 is 1.69 bits per heavy atom. The lowest BCUT2D eigenvalue weighted by Crippen LogP contribution is -2.22. The van der Waals surface area contributed by atoms with Crippen LogP contribution in [0.15, 0.2) is 69.1 Å². The summed E-state index contributed by atoms with van der Waals surface area (Å²) < 4.78 is 27.4. The van der Waals surface area contributed by atoms with Gasteiger partial charge in [0, 0.05) is 16.3 Å². The monoisotopic (exact) mass is 446 g/mol. The number of aryl methyl sites for hydroxylation is 2. The number of anilines is 2. The fourth-order valence-corrected chi connectivity index (χ4v) is 5.46. The lowest BCUT2D eigenvalue weighted by atomic mass is 10.1. The molecule has 0 aliphatic heterocycles. The molecule has 0 aliphatic rings. The first-order chi connectivity index (χ1) is 13.7. The lowest BCUT2D eigenvalue weighted by molar-refractivity contribution is -0.115. The number of amides is 1. The number of sulfonamides is 1. The summed E-state index contributed by atoms with van der Waals surface area (Å²) in [6.45, 7) is 5.88.